The van der Waals surface area contributed by atoms with Gasteiger partial charge in [-0.15, -0.1) is 0 Å². The van der Waals surface area contributed by atoms with Crippen molar-refractivity contribution in [2.45, 2.75) is 58.4 Å². The van der Waals surface area contributed by atoms with Gasteiger partial charge in [-0.2, -0.15) is 13.2 Å². The van der Waals surface area contributed by atoms with Crippen molar-refractivity contribution in [2.24, 2.45) is 0 Å². The first-order chi connectivity index (χ1) is 17.6. The van der Waals surface area contributed by atoms with Gasteiger partial charge in [0.1, 0.15) is 12.6 Å². The number of amides is 2. The average molecular weight is 596 g/mol. The Balaban J connectivity index is 2.52. The molecule has 210 valence electrons. The minimum atomic E-state index is -4.84. The van der Waals surface area contributed by atoms with Crippen molar-refractivity contribution in [3.05, 3.63) is 63.6 Å². The van der Waals surface area contributed by atoms with Gasteiger partial charge >= 0.3 is 6.18 Å². The maximum atomic E-state index is 13.6. The predicted octanol–water partition coefficient (Wildman–Crippen LogP) is 5.50. The number of alkyl halides is 3. The van der Waals surface area contributed by atoms with Crippen molar-refractivity contribution in [3.8, 4) is 0 Å². The third-order valence-corrected chi connectivity index (χ3v) is 7.60. The predicted molar refractivity (Wildman–Crippen MR) is 143 cm³/mol. The van der Waals surface area contributed by atoms with Crippen molar-refractivity contribution < 1.29 is 31.2 Å². The fraction of sp³-hybridized carbons (Fsp3) is 0.440. The first-order valence-corrected chi connectivity index (χ1v) is 14.4. The smallest absolute Gasteiger partial charge is 0.352 e. The fourth-order valence-corrected chi connectivity index (χ4v) is 4.84. The van der Waals surface area contributed by atoms with E-state index in [1.165, 1.54) is 4.90 Å². The van der Waals surface area contributed by atoms with Crippen LogP contribution in [0.5, 0.6) is 0 Å². The molecule has 0 bridgehead atoms. The quantitative estimate of drug-likeness (QED) is 0.371. The zero-order chi connectivity index (χ0) is 28.8. The molecule has 2 aromatic carbocycles. The lowest BCUT2D eigenvalue weighted by molar-refractivity contribution is -0.140. The Morgan fingerprint density at radius 1 is 1.03 bits per heavy atom. The Morgan fingerprint density at radius 3 is 2.13 bits per heavy atom. The molecule has 0 fully saturated rings. The number of hydrogen-bond donors (Lipinski definition) is 1. The second-order valence-electron chi connectivity index (χ2n) is 8.82. The number of hydrogen-bond acceptors (Lipinski definition) is 4. The molecular weight excluding hydrogens is 566 g/mol. The second-order valence-corrected chi connectivity index (χ2v) is 11.6. The SMILES string of the molecule is CC[C@@H](C)NC(=O)[C@H](CC)N(Cc1ccc(Cl)cc1)C(=O)CN(c1ccc(Cl)c(C(F)(F)F)c1)S(C)(=O)=O. The zero-order valence-corrected chi connectivity index (χ0v) is 23.7. The van der Waals surface area contributed by atoms with E-state index >= 15 is 0 Å². The summed E-state index contributed by atoms with van der Waals surface area (Å²) in [5, 5.41) is 2.68. The number of carbonyl (C=O) groups excluding carboxylic acids is 2. The topological polar surface area (TPSA) is 86.8 Å². The van der Waals surface area contributed by atoms with Gasteiger partial charge in [0.25, 0.3) is 0 Å². The van der Waals surface area contributed by atoms with E-state index in [-0.39, 0.29) is 24.7 Å². The zero-order valence-electron chi connectivity index (χ0n) is 21.4. The fourth-order valence-electron chi connectivity index (χ4n) is 3.65. The summed E-state index contributed by atoms with van der Waals surface area (Å²) in [6.45, 7) is 4.49. The molecule has 7 nitrogen and oxygen atoms in total. The highest BCUT2D eigenvalue weighted by Crippen LogP contribution is 2.37. The molecule has 0 saturated heterocycles. The van der Waals surface area contributed by atoms with Gasteiger partial charge < -0.3 is 10.2 Å². The number of benzene rings is 2. The molecule has 1 N–H and O–H groups in total. The molecule has 2 atom stereocenters. The summed E-state index contributed by atoms with van der Waals surface area (Å²) in [4.78, 5) is 27.9. The van der Waals surface area contributed by atoms with Crippen LogP contribution < -0.4 is 9.62 Å². The number of anilines is 1. The van der Waals surface area contributed by atoms with Crippen LogP contribution in [0, 0.1) is 0 Å². The number of nitrogens with zero attached hydrogens (tertiary/aromatic N) is 2. The molecule has 0 aromatic heterocycles. The lowest BCUT2D eigenvalue weighted by Gasteiger charge is -2.33. The Labute approximate surface area is 230 Å². The highest BCUT2D eigenvalue weighted by molar-refractivity contribution is 7.92. The maximum Gasteiger partial charge on any atom is 0.417 e. The van der Waals surface area contributed by atoms with Crippen molar-refractivity contribution >= 4 is 50.7 Å². The molecule has 0 spiro atoms. The molecule has 2 amide bonds. The maximum absolute atomic E-state index is 13.6. The molecule has 0 saturated carbocycles. The molecule has 0 radical (unpaired) electrons. The highest BCUT2D eigenvalue weighted by Gasteiger charge is 2.36. The van der Waals surface area contributed by atoms with Gasteiger partial charge in [0.05, 0.1) is 22.5 Å². The average Bonchev–Trinajstić information content (AvgIpc) is 2.82. The second kappa shape index (κ2) is 13.0. The van der Waals surface area contributed by atoms with E-state index in [4.69, 9.17) is 23.2 Å². The molecule has 2 rings (SSSR count). The Morgan fingerprint density at radius 2 is 1.63 bits per heavy atom. The molecule has 2 aromatic rings. The van der Waals surface area contributed by atoms with Crippen LogP contribution in [0.15, 0.2) is 42.5 Å². The summed E-state index contributed by atoms with van der Waals surface area (Å²) in [7, 11) is -4.22. The summed E-state index contributed by atoms with van der Waals surface area (Å²) >= 11 is 11.6. The number of nitrogens with one attached hydrogen (secondary N) is 1. The van der Waals surface area contributed by atoms with Crippen molar-refractivity contribution in [1.82, 2.24) is 10.2 Å². The van der Waals surface area contributed by atoms with Crippen LogP contribution in [0.25, 0.3) is 0 Å². The molecule has 38 heavy (non-hydrogen) atoms. The van der Waals surface area contributed by atoms with Crippen LogP contribution >= 0.6 is 23.2 Å². The third kappa shape index (κ3) is 8.51. The minimum Gasteiger partial charge on any atom is -0.352 e. The van der Waals surface area contributed by atoms with Gasteiger partial charge in [-0.25, -0.2) is 8.42 Å². The van der Waals surface area contributed by atoms with Crippen LogP contribution in [-0.2, 0) is 32.3 Å². The molecule has 0 aliphatic carbocycles. The van der Waals surface area contributed by atoms with Crippen LogP contribution in [-0.4, -0.2) is 50.0 Å². The van der Waals surface area contributed by atoms with E-state index < -0.39 is 51.2 Å². The van der Waals surface area contributed by atoms with Crippen molar-refractivity contribution in [2.75, 3.05) is 17.1 Å². The summed E-state index contributed by atoms with van der Waals surface area (Å²) in [6.07, 6.45) is -3.21. The Hall–Kier alpha value is -2.50. The van der Waals surface area contributed by atoms with E-state index in [0.29, 0.717) is 27.4 Å². The van der Waals surface area contributed by atoms with E-state index in [1.54, 1.807) is 38.1 Å². The lowest BCUT2D eigenvalue weighted by atomic mass is 10.1. The highest BCUT2D eigenvalue weighted by atomic mass is 35.5. The van der Waals surface area contributed by atoms with Gasteiger partial charge in [0.2, 0.25) is 21.8 Å². The van der Waals surface area contributed by atoms with E-state index in [9.17, 15) is 31.2 Å². The van der Waals surface area contributed by atoms with Gasteiger partial charge in [-0.3, -0.25) is 13.9 Å². The number of halogens is 5. The monoisotopic (exact) mass is 595 g/mol. The van der Waals surface area contributed by atoms with Crippen LogP contribution in [0.4, 0.5) is 18.9 Å². The number of carbonyl (C=O) groups is 2. The number of rotatable bonds is 11. The van der Waals surface area contributed by atoms with E-state index in [1.807, 2.05) is 6.92 Å². The standard InChI is InChI=1S/C25H30Cl2F3N3O4S/c1-5-16(3)31-24(35)22(6-2)32(14-17-7-9-18(26)10-8-17)23(34)15-33(38(4,36)37)19-11-12-21(27)20(13-19)25(28,29)30/h7-13,16,22H,5-6,14-15H2,1-4H3,(H,31,35)/t16-,22+/m1/s1. The first kappa shape index (κ1) is 31.7. The summed E-state index contributed by atoms with van der Waals surface area (Å²) in [5.74, 6) is -1.21. The molecule has 0 aliphatic rings. The van der Waals surface area contributed by atoms with Crippen LogP contribution in [0.1, 0.15) is 44.7 Å². The Bertz CT molecular complexity index is 1240. The summed E-state index contributed by atoms with van der Waals surface area (Å²) in [6, 6.07) is 7.97. The summed E-state index contributed by atoms with van der Waals surface area (Å²) < 4.78 is 66.2. The van der Waals surface area contributed by atoms with E-state index in [2.05, 4.69) is 5.32 Å². The summed E-state index contributed by atoms with van der Waals surface area (Å²) in [5.41, 5.74) is -1.01. The van der Waals surface area contributed by atoms with Crippen molar-refractivity contribution in [1.29, 1.82) is 0 Å². The largest absolute Gasteiger partial charge is 0.417 e. The van der Waals surface area contributed by atoms with Gasteiger partial charge in [-0.1, -0.05) is 49.2 Å². The molecule has 13 heteroatoms. The van der Waals surface area contributed by atoms with Crippen LogP contribution in [0.2, 0.25) is 10.0 Å². The molecule has 0 aliphatic heterocycles. The van der Waals surface area contributed by atoms with Gasteiger partial charge in [0.15, 0.2) is 0 Å². The van der Waals surface area contributed by atoms with Gasteiger partial charge in [0, 0.05) is 17.6 Å². The van der Waals surface area contributed by atoms with Crippen molar-refractivity contribution in [3.63, 3.8) is 0 Å². The first-order valence-electron chi connectivity index (χ1n) is 11.8. The molecular formula is C25H30Cl2F3N3O4S. The third-order valence-electron chi connectivity index (χ3n) is 5.88. The minimum absolute atomic E-state index is 0.0611. The lowest BCUT2D eigenvalue weighted by Crippen LogP contribution is -2.53. The van der Waals surface area contributed by atoms with Crippen LogP contribution in [0.3, 0.4) is 0 Å². The van der Waals surface area contributed by atoms with E-state index in [0.717, 1.165) is 18.4 Å². The normalized spacial score (nSPS) is 13.5. The van der Waals surface area contributed by atoms with Gasteiger partial charge in [-0.05, 0) is 55.7 Å². The molecule has 0 heterocycles. The molecule has 0 unspecified atom stereocenters. The number of sulfonamides is 1. The Kier molecular flexibility index (Phi) is 10.9.